The van der Waals surface area contributed by atoms with Gasteiger partial charge in [0, 0.05) is 10.4 Å². The first-order valence-electron chi connectivity index (χ1n) is 7.38. The molecule has 1 saturated heterocycles. The van der Waals surface area contributed by atoms with E-state index in [1.165, 1.54) is 63.7 Å². The quantitative estimate of drug-likeness (QED) is 0.856. The lowest BCUT2D eigenvalue weighted by molar-refractivity contribution is -0.910. The largest absolute Gasteiger partial charge is 0.334 e. The van der Waals surface area contributed by atoms with E-state index in [4.69, 9.17) is 11.6 Å². The zero-order valence-electron chi connectivity index (χ0n) is 11.1. The number of piperidine rings is 1. The maximum absolute atomic E-state index is 6.01. The van der Waals surface area contributed by atoms with Crippen molar-refractivity contribution in [3.63, 3.8) is 0 Å². The third kappa shape index (κ3) is 2.44. The highest BCUT2D eigenvalue weighted by Gasteiger charge is 2.42. The first kappa shape index (κ1) is 12.5. The van der Waals surface area contributed by atoms with Gasteiger partial charge in [0.15, 0.2) is 0 Å². The van der Waals surface area contributed by atoms with Gasteiger partial charge in [-0.1, -0.05) is 30.2 Å². The summed E-state index contributed by atoms with van der Waals surface area (Å²) in [6.07, 6.45) is 8.43. The molecule has 1 aromatic rings. The maximum atomic E-state index is 6.01. The second kappa shape index (κ2) is 5.22. The molecule has 0 aromatic heterocycles. The van der Waals surface area contributed by atoms with E-state index in [-0.39, 0.29) is 0 Å². The Labute approximate surface area is 115 Å². The topological polar surface area (TPSA) is 4.44 Å². The van der Waals surface area contributed by atoms with Gasteiger partial charge in [-0.2, -0.15) is 0 Å². The number of rotatable bonds is 3. The summed E-state index contributed by atoms with van der Waals surface area (Å²) in [4.78, 5) is 1.83. The molecule has 1 saturated carbocycles. The Bertz CT molecular complexity index is 388. The Balaban J connectivity index is 1.74. The predicted molar refractivity (Wildman–Crippen MR) is 76.4 cm³/mol. The van der Waals surface area contributed by atoms with Gasteiger partial charge in [-0.15, -0.1) is 0 Å². The van der Waals surface area contributed by atoms with Gasteiger partial charge in [0.1, 0.15) is 0 Å². The van der Waals surface area contributed by atoms with Crippen LogP contribution in [-0.2, 0) is 5.41 Å². The number of quaternary nitrogens is 1. The van der Waals surface area contributed by atoms with Crippen molar-refractivity contribution in [2.24, 2.45) is 0 Å². The van der Waals surface area contributed by atoms with Gasteiger partial charge in [0.25, 0.3) is 0 Å². The van der Waals surface area contributed by atoms with E-state index < -0.39 is 0 Å². The molecule has 3 rings (SSSR count). The molecule has 0 radical (unpaired) electrons. The molecule has 0 atom stereocenters. The lowest BCUT2D eigenvalue weighted by Crippen LogP contribution is -3.14. The molecule has 0 bridgehead atoms. The van der Waals surface area contributed by atoms with Gasteiger partial charge in [-0.25, -0.2) is 0 Å². The van der Waals surface area contributed by atoms with Crippen LogP contribution in [0.4, 0.5) is 0 Å². The molecular weight excluding hydrogens is 242 g/mol. The first-order valence-corrected chi connectivity index (χ1v) is 7.76. The van der Waals surface area contributed by atoms with Crippen molar-refractivity contribution in [1.82, 2.24) is 0 Å². The second-order valence-corrected chi connectivity index (χ2v) is 6.56. The van der Waals surface area contributed by atoms with Gasteiger partial charge in [0.05, 0.1) is 19.6 Å². The number of hydrogen-bond donors (Lipinski definition) is 1. The normalized spacial score (nSPS) is 23.6. The van der Waals surface area contributed by atoms with Gasteiger partial charge in [-0.05, 0) is 49.8 Å². The van der Waals surface area contributed by atoms with Crippen molar-refractivity contribution in [2.45, 2.75) is 43.9 Å². The van der Waals surface area contributed by atoms with Crippen molar-refractivity contribution in [1.29, 1.82) is 0 Å². The number of benzene rings is 1. The van der Waals surface area contributed by atoms with Crippen LogP contribution in [0, 0.1) is 0 Å². The minimum Gasteiger partial charge on any atom is -0.334 e. The van der Waals surface area contributed by atoms with E-state index >= 15 is 0 Å². The minimum absolute atomic E-state index is 0.470. The molecule has 2 aliphatic rings. The third-order valence-electron chi connectivity index (χ3n) is 4.92. The number of nitrogens with one attached hydrogen (secondary N) is 1. The number of likely N-dealkylation sites (tertiary alicyclic amines) is 1. The lowest BCUT2D eigenvalue weighted by atomic mass is 9.64. The molecule has 0 amide bonds. The Morgan fingerprint density at radius 2 is 1.61 bits per heavy atom. The zero-order chi connectivity index (χ0) is 12.4. The summed E-state index contributed by atoms with van der Waals surface area (Å²) >= 11 is 6.01. The summed E-state index contributed by atoms with van der Waals surface area (Å²) in [5.74, 6) is 0. The maximum Gasteiger partial charge on any atom is 0.0869 e. The van der Waals surface area contributed by atoms with Crippen LogP contribution in [-0.4, -0.2) is 19.6 Å². The van der Waals surface area contributed by atoms with E-state index in [0.717, 1.165) is 5.02 Å². The highest BCUT2D eigenvalue weighted by molar-refractivity contribution is 6.30. The van der Waals surface area contributed by atoms with Gasteiger partial charge in [0.2, 0.25) is 0 Å². The predicted octanol–water partition coefficient (Wildman–Crippen LogP) is 2.83. The summed E-state index contributed by atoms with van der Waals surface area (Å²) in [5, 5.41) is 0.860. The summed E-state index contributed by atoms with van der Waals surface area (Å²) in [7, 11) is 0. The molecule has 0 spiro atoms. The van der Waals surface area contributed by atoms with Crippen molar-refractivity contribution in [2.75, 3.05) is 19.6 Å². The summed E-state index contributed by atoms with van der Waals surface area (Å²) in [5.41, 5.74) is 1.99. The standard InChI is InChI=1S/C16H22ClN/c17-15-7-5-14(6-8-15)16(9-4-10-16)13-18-11-2-1-3-12-18/h5-8H,1-4,9-13H2/p+1. The van der Waals surface area contributed by atoms with E-state index in [1.54, 1.807) is 0 Å². The smallest absolute Gasteiger partial charge is 0.0869 e. The highest BCUT2D eigenvalue weighted by Crippen LogP contribution is 2.42. The highest BCUT2D eigenvalue weighted by atomic mass is 35.5. The fraction of sp³-hybridized carbons (Fsp3) is 0.625. The van der Waals surface area contributed by atoms with Gasteiger partial charge >= 0.3 is 0 Å². The van der Waals surface area contributed by atoms with E-state index in [2.05, 4.69) is 24.3 Å². The fourth-order valence-corrected chi connectivity index (χ4v) is 3.81. The van der Waals surface area contributed by atoms with Crippen molar-refractivity contribution < 1.29 is 4.90 Å². The fourth-order valence-electron chi connectivity index (χ4n) is 3.68. The average molecular weight is 265 g/mol. The zero-order valence-corrected chi connectivity index (χ0v) is 11.8. The van der Waals surface area contributed by atoms with E-state index in [0.29, 0.717) is 5.41 Å². The molecule has 1 nitrogen and oxygen atoms in total. The van der Waals surface area contributed by atoms with Crippen LogP contribution in [0.5, 0.6) is 0 Å². The molecule has 1 aromatic carbocycles. The molecule has 1 N–H and O–H groups in total. The molecule has 2 fully saturated rings. The van der Waals surface area contributed by atoms with E-state index in [9.17, 15) is 0 Å². The van der Waals surface area contributed by atoms with Crippen molar-refractivity contribution in [3.05, 3.63) is 34.9 Å². The molecule has 18 heavy (non-hydrogen) atoms. The van der Waals surface area contributed by atoms with Crippen LogP contribution in [0.25, 0.3) is 0 Å². The Kier molecular flexibility index (Phi) is 3.63. The van der Waals surface area contributed by atoms with Crippen LogP contribution in [0.1, 0.15) is 44.1 Å². The van der Waals surface area contributed by atoms with Gasteiger partial charge in [-0.3, -0.25) is 0 Å². The Morgan fingerprint density at radius 3 is 2.17 bits per heavy atom. The van der Waals surface area contributed by atoms with Crippen LogP contribution in [0.15, 0.2) is 24.3 Å². The van der Waals surface area contributed by atoms with Crippen molar-refractivity contribution in [3.8, 4) is 0 Å². The van der Waals surface area contributed by atoms with Crippen LogP contribution < -0.4 is 4.90 Å². The van der Waals surface area contributed by atoms with Crippen LogP contribution in [0.2, 0.25) is 5.02 Å². The molecule has 1 heterocycles. The summed E-state index contributed by atoms with van der Waals surface area (Å²) in [6, 6.07) is 8.63. The molecular formula is C16H23ClN+. The minimum atomic E-state index is 0.470. The van der Waals surface area contributed by atoms with Crippen LogP contribution >= 0.6 is 11.6 Å². The molecule has 0 unspecified atom stereocenters. The summed E-state index contributed by atoms with van der Waals surface area (Å²) < 4.78 is 0. The van der Waals surface area contributed by atoms with Gasteiger partial charge < -0.3 is 4.90 Å². The lowest BCUT2D eigenvalue weighted by Gasteiger charge is -2.44. The molecule has 1 aliphatic heterocycles. The molecule has 2 heteroatoms. The monoisotopic (exact) mass is 264 g/mol. The van der Waals surface area contributed by atoms with E-state index in [1.807, 2.05) is 4.90 Å². The SMILES string of the molecule is Clc1ccc(C2(C[NH+]3CCCCC3)CCC2)cc1. The molecule has 98 valence electrons. The molecule has 1 aliphatic carbocycles. The first-order chi connectivity index (χ1) is 8.78. The summed E-state index contributed by atoms with van der Waals surface area (Å²) in [6.45, 7) is 4.11. The number of halogens is 1. The number of hydrogen-bond acceptors (Lipinski definition) is 0. The third-order valence-corrected chi connectivity index (χ3v) is 5.17. The second-order valence-electron chi connectivity index (χ2n) is 6.13. The van der Waals surface area contributed by atoms with Crippen LogP contribution in [0.3, 0.4) is 0 Å². The van der Waals surface area contributed by atoms with Crippen molar-refractivity contribution >= 4 is 11.6 Å². The average Bonchev–Trinajstić information content (AvgIpc) is 2.36. The Hall–Kier alpha value is -0.530. The Morgan fingerprint density at radius 1 is 0.944 bits per heavy atom.